The summed E-state index contributed by atoms with van der Waals surface area (Å²) in [5.74, 6) is 0. The molecule has 3 aromatic heterocycles. The first-order valence-electron chi connectivity index (χ1n) is 7.74. The maximum absolute atomic E-state index is 11.3. The molecule has 0 spiro atoms. The first-order valence-corrected chi connectivity index (χ1v) is 9.63. The SMILES string of the molecule is Cn1ncc2cnc3[nH]c(-c4cccc(CNS(C)(=O)=O)c4)cc3c21. The topological polar surface area (TPSA) is 92.7 Å². The Morgan fingerprint density at radius 1 is 1.24 bits per heavy atom. The number of aryl methyl sites for hydroxylation is 1. The standard InChI is InChI=1S/C17H17N5O2S/c1-22-16-13(10-19-22)9-18-17-14(16)7-15(21-17)12-5-3-4-11(6-12)8-20-25(2,23)24/h3-7,9-10,20H,8H2,1-2H3,(H,18,21). The molecule has 0 atom stereocenters. The number of hydrogen-bond acceptors (Lipinski definition) is 4. The Morgan fingerprint density at radius 2 is 2.08 bits per heavy atom. The Balaban J connectivity index is 1.77. The van der Waals surface area contributed by atoms with Crippen LogP contribution in [0.5, 0.6) is 0 Å². The van der Waals surface area contributed by atoms with Gasteiger partial charge in [-0.2, -0.15) is 5.10 Å². The van der Waals surface area contributed by atoms with Gasteiger partial charge in [0.05, 0.1) is 18.0 Å². The van der Waals surface area contributed by atoms with Gasteiger partial charge in [0.2, 0.25) is 10.0 Å². The number of nitrogens with one attached hydrogen (secondary N) is 2. The van der Waals surface area contributed by atoms with Crippen LogP contribution in [0.25, 0.3) is 33.2 Å². The zero-order chi connectivity index (χ0) is 17.6. The van der Waals surface area contributed by atoms with Crippen molar-refractivity contribution < 1.29 is 8.42 Å². The third-order valence-corrected chi connectivity index (χ3v) is 4.80. The summed E-state index contributed by atoms with van der Waals surface area (Å²) < 4.78 is 26.9. The van der Waals surface area contributed by atoms with Gasteiger partial charge in [-0.15, -0.1) is 0 Å². The van der Waals surface area contributed by atoms with Crippen molar-refractivity contribution in [2.24, 2.45) is 7.05 Å². The molecule has 0 fully saturated rings. The zero-order valence-corrected chi connectivity index (χ0v) is 14.6. The third-order valence-electron chi connectivity index (χ3n) is 4.13. The van der Waals surface area contributed by atoms with Gasteiger partial charge >= 0.3 is 0 Å². The molecular formula is C17H17N5O2S. The van der Waals surface area contributed by atoms with Gasteiger partial charge in [-0.25, -0.2) is 18.1 Å². The first kappa shape index (κ1) is 15.8. The maximum atomic E-state index is 11.3. The average molecular weight is 355 g/mol. The lowest BCUT2D eigenvalue weighted by Crippen LogP contribution is -2.21. The summed E-state index contributed by atoms with van der Waals surface area (Å²) in [5.41, 5.74) is 4.62. The number of pyridine rings is 1. The Labute approximate surface area is 144 Å². The minimum Gasteiger partial charge on any atom is -0.339 e. The van der Waals surface area contributed by atoms with E-state index in [4.69, 9.17) is 0 Å². The number of rotatable bonds is 4. The molecule has 25 heavy (non-hydrogen) atoms. The molecule has 0 saturated carbocycles. The first-order chi connectivity index (χ1) is 11.9. The van der Waals surface area contributed by atoms with Crippen molar-refractivity contribution in [1.82, 2.24) is 24.5 Å². The Bertz CT molecular complexity index is 1190. The summed E-state index contributed by atoms with van der Waals surface area (Å²) in [6.45, 7) is 0.261. The van der Waals surface area contributed by atoms with E-state index >= 15 is 0 Å². The van der Waals surface area contributed by atoms with Crippen molar-refractivity contribution >= 4 is 32.0 Å². The molecule has 8 heteroatoms. The molecule has 2 N–H and O–H groups in total. The van der Waals surface area contributed by atoms with Crippen molar-refractivity contribution in [3.05, 3.63) is 48.3 Å². The average Bonchev–Trinajstić information content (AvgIpc) is 3.16. The van der Waals surface area contributed by atoms with E-state index < -0.39 is 10.0 Å². The predicted molar refractivity (Wildman–Crippen MR) is 97.5 cm³/mol. The molecule has 0 amide bonds. The number of fused-ring (bicyclic) bond motifs is 3. The lowest BCUT2D eigenvalue weighted by molar-refractivity contribution is 0.587. The number of nitrogens with zero attached hydrogens (tertiary/aromatic N) is 3. The van der Waals surface area contributed by atoms with E-state index in [0.29, 0.717) is 0 Å². The van der Waals surface area contributed by atoms with E-state index in [9.17, 15) is 8.42 Å². The third kappa shape index (κ3) is 3.01. The highest BCUT2D eigenvalue weighted by Gasteiger charge is 2.11. The molecular weight excluding hydrogens is 338 g/mol. The second kappa shape index (κ2) is 5.68. The fourth-order valence-corrected chi connectivity index (χ4v) is 3.39. The number of hydrogen-bond donors (Lipinski definition) is 2. The van der Waals surface area contributed by atoms with Crippen LogP contribution < -0.4 is 4.72 Å². The summed E-state index contributed by atoms with van der Waals surface area (Å²) in [7, 11) is -1.31. The minimum absolute atomic E-state index is 0.261. The van der Waals surface area contributed by atoms with Crippen molar-refractivity contribution in [1.29, 1.82) is 0 Å². The molecule has 0 aliphatic carbocycles. The maximum Gasteiger partial charge on any atom is 0.209 e. The van der Waals surface area contributed by atoms with Crippen molar-refractivity contribution in [2.75, 3.05) is 6.26 Å². The fourth-order valence-electron chi connectivity index (χ4n) is 2.96. The number of aromatic amines is 1. The van der Waals surface area contributed by atoms with Crippen LogP contribution in [0.4, 0.5) is 0 Å². The van der Waals surface area contributed by atoms with E-state index in [-0.39, 0.29) is 6.54 Å². The fraction of sp³-hybridized carbons (Fsp3) is 0.176. The van der Waals surface area contributed by atoms with Crippen molar-refractivity contribution in [2.45, 2.75) is 6.54 Å². The van der Waals surface area contributed by atoms with E-state index in [1.807, 2.05) is 36.0 Å². The normalized spacial score (nSPS) is 12.2. The van der Waals surface area contributed by atoms with E-state index in [1.165, 1.54) is 0 Å². The van der Waals surface area contributed by atoms with Crippen LogP contribution in [-0.4, -0.2) is 34.4 Å². The molecule has 0 aliphatic heterocycles. The molecule has 1 aromatic carbocycles. The molecule has 0 saturated heterocycles. The van der Waals surface area contributed by atoms with Crippen LogP contribution in [-0.2, 0) is 23.6 Å². The summed E-state index contributed by atoms with van der Waals surface area (Å²) >= 11 is 0. The molecule has 0 aliphatic rings. The van der Waals surface area contributed by atoms with E-state index in [1.54, 1.807) is 12.4 Å². The highest BCUT2D eigenvalue weighted by atomic mass is 32.2. The van der Waals surface area contributed by atoms with Crippen LogP contribution in [0, 0.1) is 0 Å². The number of benzene rings is 1. The van der Waals surface area contributed by atoms with Gasteiger partial charge in [-0.1, -0.05) is 18.2 Å². The number of aromatic nitrogens is 4. The van der Waals surface area contributed by atoms with Gasteiger partial charge in [-0.3, -0.25) is 4.68 Å². The molecule has 128 valence electrons. The summed E-state index contributed by atoms with van der Waals surface area (Å²) in [6, 6.07) is 9.79. The lowest BCUT2D eigenvalue weighted by atomic mass is 10.1. The second-order valence-electron chi connectivity index (χ2n) is 6.07. The molecule has 0 radical (unpaired) electrons. The minimum atomic E-state index is -3.22. The lowest BCUT2D eigenvalue weighted by Gasteiger charge is -2.05. The quantitative estimate of drug-likeness (QED) is 0.587. The van der Waals surface area contributed by atoms with Crippen LogP contribution in [0.2, 0.25) is 0 Å². The van der Waals surface area contributed by atoms with E-state index in [0.717, 1.165) is 45.0 Å². The highest BCUT2D eigenvalue weighted by Crippen LogP contribution is 2.28. The van der Waals surface area contributed by atoms with Gasteiger partial charge in [-0.05, 0) is 23.3 Å². The zero-order valence-electron chi connectivity index (χ0n) is 13.8. The largest absolute Gasteiger partial charge is 0.339 e. The van der Waals surface area contributed by atoms with Crippen LogP contribution >= 0.6 is 0 Å². The summed E-state index contributed by atoms with van der Waals surface area (Å²) in [5, 5.41) is 6.29. The molecule has 3 heterocycles. The van der Waals surface area contributed by atoms with E-state index in [2.05, 4.69) is 25.9 Å². The number of H-pyrrole nitrogens is 1. The highest BCUT2D eigenvalue weighted by molar-refractivity contribution is 7.88. The van der Waals surface area contributed by atoms with Gasteiger partial charge < -0.3 is 4.98 Å². The van der Waals surface area contributed by atoms with Gasteiger partial charge in [0.15, 0.2) is 0 Å². The van der Waals surface area contributed by atoms with Crippen LogP contribution in [0.3, 0.4) is 0 Å². The smallest absolute Gasteiger partial charge is 0.209 e. The molecule has 7 nitrogen and oxygen atoms in total. The van der Waals surface area contributed by atoms with Gasteiger partial charge in [0.1, 0.15) is 5.65 Å². The monoisotopic (exact) mass is 355 g/mol. The molecule has 4 aromatic rings. The summed E-state index contributed by atoms with van der Waals surface area (Å²) in [4.78, 5) is 7.79. The van der Waals surface area contributed by atoms with Crippen LogP contribution in [0.1, 0.15) is 5.56 Å². The van der Waals surface area contributed by atoms with Crippen LogP contribution in [0.15, 0.2) is 42.7 Å². The van der Waals surface area contributed by atoms with Crippen molar-refractivity contribution in [3.63, 3.8) is 0 Å². The van der Waals surface area contributed by atoms with Gasteiger partial charge in [0, 0.05) is 36.3 Å². The molecule has 0 unspecified atom stereocenters. The molecule has 0 bridgehead atoms. The number of sulfonamides is 1. The molecule has 4 rings (SSSR count). The van der Waals surface area contributed by atoms with Gasteiger partial charge in [0.25, 0.3) is 0 Å². The second-order valence-corrected chi connectivity index (χ2v) is 7.90. The predicted octanol–water partition coefficient (Wildman–Crippen LogP) is 2.17. The Morgan fingerprint density at radius 3 is 2.88 bits per heavy atom. The Hall–Kier alpha value is -2.71. The summed E-state index contributed by atoms with van der Waals surface area (Å²) in [6.07, 6.45) is 4.75. The van der Waals surface area contributed by atoms with Crippen molar-refractivity contribution in [3.8, 4) is 11.3 Å². The Kier molecular flexibility index (Phi) is 3.59.